The van der Waals surface area contributed by atoms with E-state index < -0.39 is 35.6 Å². The number of aromatic amines is 2. The summed E-state index contributed by atoms with van der Waals surface area (Å²) in [5, 5.41) is 9.48. The molecule has 1 aromatic heterocycles. The molecule has 1 heterocycles. The molecule has 0 fully saturated rings. The molecular weight excluding hydrogens is 306 g/mol. The zero-order chi connectivity index (χ0) is 16.0. The summed E-state index contributed by atoms with van der Waals surface area (Å²) in [6.07, 6.45) is -14.1. The average Bonchev–Trinajstić information content (AvgIpc) is 2.63. The zero-order valence-corrected chi connectivity index (χ0v) is 10.0. The maximum absolute atomic E-state index is 12.5. The largest absolute Gasteiger partial charge is 0.403 e. The number of aliphatic hydroxyl groups excluding tert-OH is 1. The van der Waals surface area contributed by atoms with E-state index in [9.17, 15) is 36.2 Å². The van der Waals surface area contributed by atoms with Crippen LogP contribution in [0.3, 0.4) is 0 Å². The van der Waals surface area contributed by atoms with E-state index in [-0.39, 0.29) is 11.0 Å². The number of imidazole rings is 1. The van der Waals surface area contributed by atoms with Crippen LogP contribution in [0.25, 0.3) is 11.0 Å². The van der Waals surface area contributed by atoms with Crippen molar-refractivity contribution in [1.82, 2.24) is 9.97 Å². The minimum Gasteiger partial charge on any atom is -0.387 e. The smallest absolute Gasteiger partial charge is 0.387 e. The lowest BCUT2D eigenvalue weighted by Crippen LogP contribution is -2.40. The van der Waals surface area contributed by atoms with Crippen LogP contribution in [0.15, 0.2) is 23.0 Å². The van der Waals surface area contributed by atoms with Gasteiger partial charge in [0.25, 0.3) is 0 Å². The SMILES string of the molecule is O=c1[nH]c2ccc(C(O)C(C(F)(F)F)C(F)(F)F)cc2[nH]1. The molecule has 10 heteroatoms. The van der Waals surface area contributed by atoms with E-state index in [4.69, 9.17) is 0 Å². The van der Waals surface area contributed by atoms with E-state index in [1.54, 1.807) is 0 Å². The van der Waals surface area contributed by atoms with E-state index in [0.29, 0.717) is 0 Å². The molecule has 0 aliphatic carbocycles. The Labute approximate surface area is 112 Å². The van der Waals surface area contributed by atoms with Crippen molar-refractivity contribution in [3.63, 3.8) is 0 Å². The van der Waals surface area contributed by atoms with Crippen molar-refractivity contribution in [2.45, 2.75) is 18.5 Å². The first-order valence-corrected chi connectivity index (χ1v) is 5.53. The molecule has 0 spiro atoms. The first kappa shape index (κ1) is 15.4. The molecule has 0 aliphatic heterocycles. The minimum atomic E-state index is -5.65. The molecule has 0 amide bonds. The van der Waals surface area contributed by atoms with Gasteiger partial charge in [0.1, 0.15) is 0 Å². The summed E-state index contributed by atoms with van der Waals surface area (Å²) in [7, 11) is 0. The topological polar surface area (TPSA) is 68.9 Å². The van der Waals surface area contributed by atoms with Gasteiger partial charge < -0.3 is 15.1 Å². The number of rotatable bonds is 2. The molecule has 1 atom stereocenters. The monoisotopic (exact) mass is 314 g/mol. The van der Waals surface area contributed by atoms with Crippen molar-refractivity contribution >= 4 is 11.0 Å². The number of halogens is 6. The predicted octanol–water partition coefficient (Wildman–Crippen LogP) is 2.63. The van der Waals surface area contributed by atoms with Crippen LogP contribution in [0.1, 0.15) is 11.7 Å². The molecule has 1 aromatic carbocycles. The number of fused-ring (bicyclic) bond motifs is 1. The molecule has 1 unspecified atom stereocenters. The number of hydrogen-bond donors (Lipinski definition) is 3. The number of H-pyrrole nitrogens is 2. The van der Waals surface area contributed by atoms with E-state index in [1.807, 2.05) is 0 Å². The summed E-state index contributed by atoms with van der Waals surface area (Å²) in [6, 6.07) is 2.86. The second-order valence-electron chi connectivity index (χ2n) is 4.39. The Balaban J connectivity index is 2.47. The normalized spacial score (nSPS) is 14.9. The average molecular weight is 314 g/mol. The molecule has 2 rings (SSSR count). The van der Waals surface area contributed by atoms with Gasteiger partial charge in [0.05, 0.1) is 17.1 Å². The van der Waals surface area contributed by atoms with E-state index in [1.165, 1.54) is 0 Å². The Morgan fingerprint density at radius 2 is 1.48 bits per heavy atom. The fourth-order valence-corrected chi connectivity index (χ4v) is 1.97. The number of nitrogens with one attached hydrogen (secondary N) is 2. The summed E-state index contributed by atoms with van der Waals surface area (Å²) in [4.78, 5) is 15.5. The molecule has 0 saturated carbocycles. The van der Waals surface area contributed by atoms with Gasteiger partial charge in [-0.15, -0.1) is 0 Å². The first-order chi connectivity index (χ1) is 9.50. The van der Waals surface area contributed by atoms with Crippen LogP contribution < -0.4 is 5.69 Å². The molecule has 21 heavy (non-hydrogen) atoms. The fourth-order valence-electron chi connectivity index (χ4n) is 1.97. The van der Waals surface area contributed by atoms with Gasteiger partial charge in [-0.25, -0.2) is 4.79 Å². The molecule has 3 N–H and O–H groups in total. The molecule has 0 radical (unpaired) electrons. The van der Waals surface area contributed by atoms with Crippen molar-refractivity contribution in [1.29, 1.82) is 0 Å². The highest BCUT2D eigenvalue weighted by atomic mass is 19.4. The van der Waals surface area contributed by atoms with Gasteiger partial charge in [0.15, 0.2) is 5.92 Å². The lowest BCUT2D eigenvalue weighted by Gasteiger charge is -2.27. The van der Waals surface area contributed by atoms with E-state index >= 15 is 0 Å². The highest BCUT2D eigenvalue weighted by molar-refractivity contribution is 5.75. The van der Waals surface area contributed by atoms with E-state index in [2.05, 4.69) is 9.97 Å². The maximum Gasteiger partial charge on any atom is 0.403 e. The Hall–Kier alpha value is -1.97. The van der Waals surface area contributed by atoms with Gasteiger partial charge in [-0.3, -0.25) is 0 Å². The molecular formula is C11H8F6N2O2. The predicted molar refractivity (Wildman–Crippen MR) is 59.5 cm³/mol. The molecule has 0 saturated heterocycles. The van der Waals surface area contributed by atoms with Gasteiger partial charge in [0, 0.05) is 0 Å². The van der Waals surface area contributed by atoms with Crippen LogP contribution in [0.4, 0.5) is 26.3 Å². The first-order valence-electron chi connectivity index (χ1n) is 5.53. The minimum absolute atomic E-state index is 0.000325. The van der Waals surface area contributed by atoms with Crippen LogP contribution >= 0.6 is 0 Å². The standard InChI is InChI=1S/C11H8F6N2O2/c12-10(13,14)8(11(15,16)17)7(20)4-1-2-5-6(3-4)19-9(21)18-5/h1-3,7-8,20H,(H2,18,19,21). The maximum atomic E-state index is 12.5. The Morgan fingerprint density at radius 3 is 2.00 bits per heavy atom. The Morgan fingerprint density at radius 1 is 0.952 bits per heavy atom. The summed E-state index contributed by atoms with van der Waals surface area (Å²) >= 11 is 0. The second kappa shape index (κ2) is 4.79. The zero-order valence-electron chi connectivity index (χ0n) is 10.0. The number of aliphatic hydroxyl groups is 1. The summed E-state index contributed by atoms with van der Waals surface area (Å²) in [6.45, 7) is 0. The molecule has 116 valence electrons. The molecule has 0 bridgehead atoms. The highest BCUT2D eigenvalue weighted by Crippen LogP contribution is 2.46. The van der Waals surface area contributed by atoms with Crippen molar-refractivity contribution in [2.24, 2.45) is 5.92 Å². The molecule has 0 aliphatic rings. The third kappa shape index (κ3) is 3.04. The van der Waals surface area contributed by atoms with Gasteiger partial charge in [-0.05, 0) is 17.7 Å². The van der Waals surface area contributed by atoms with Crippen LogP contribution in [0, 0.1) is 5.92 Å². The number of aromatic nitrogens is 2. The van der Waals surface area contributed by atoms with Gasteiger partial charge in [-0.1, -0.05) is 6.07 Å². The van der Waals surface area contributed by atoms with Gasteiger partial charge in [-0.2, -0.15) is 26.3 Å². The lowest BCUT2D eigenvalue weighted by atomic mass is 9.94. The Bertz CT molecular complexity index is 685. The quantitative estimate of drug-likeness (QED) is 0.746. The fraction of sp³-hybridized carbons (Fsp3) is 0.364. The van der Waals surface area contributed by atoms with Crippen LogP contribution in [-0.2, 0) is 0 Å². The highest BCUT2D eigenvalue weighted by Gasteiger charge is 2.60. The van der Waals surface area contributed by atoms with Crippen LogP contribution in [0.2, 0.25) is 0 Å². The molecule has 4 nitrogen and oxygen atoms in total. The van der Waals surface area contributed by atoms with Crippen LogP contribution in [-0.4, -0.2) is 27.4 Å². The second-order valence-corrected chi connectivity index (χ2v) is 4.39. The van der Waals surface area contributed by atoms with E-state index in [0.717, 1.165) is 18.2 Å². The van der Waals surface area contributed by atoms with Crippen molar-refractivity contribution < 1.29 is 31.4 Å². The Kier molecular flexibility index (Phi) is 3.52. The summed E-state index contributed by atoms with van der Waals surface area (Å²) in [5.74, 6) is -3.91. The summed E-state index contributed by atoms with van der Waals surface area (Å²) < 4.78 is 75.2. The van der Waals surface area contributed by atoms with Crippen molar-refractivity contribution in [3.8, 4) is 0 Å². The third-order valence-corrected chi connectivity index (χ3v) is 2.90. The van der Waals surface area contributed by atoms with Gasteiger partial charge >= 0.3 is 18.0 Å². The van der Waals surface area contributed by atoms with Crippen LogP contribution in [0.5, 0.6) is 0 Å². The van der Waals surface area contributed by atoms with Crippen molar-refractivity contribution in [2.75, 3.05) is 0 Å². The summed E-state index contributed by atoms with van der Waals surface area (Å²) in [5.41, 5.74) is -1.07. The molecule has 2 aromatic rings. The third-order valence-electron chi connectivity index (χ3n) is 2.90. The van der Waals surface area contributed by atoms with Gasteiger partial charge in [0.2, 0.25) is 0 Å². The van der Waals surface area contributed by atoms with Crippen molar-refractivity contribution in [3.05, 3.63) is 34.2 Å². The number of alkyl halides is 6. The number of hydrogen-bond acceptors (Lipinski definition) is 2. The number of benzene rings is 1. The lowest BCUT2D eigenvalue weighted by molar-refractivity contribution is -0.307.